The van der Waals surface area contributed by atoms with Crippen molar-refractivity contribution in [2.24, 2.45) is 0 Å². The van der Waals surface area contributed by atoms with Crippen LogP contribution in [0.3, 0.4) is 0 Å². The molecule has 1 amide bonds. The molecule has 1 N–H and O–H groups in total. The van der Waals surface area contributed by atoms with E-state index >= 15 is 0 Å². The van der Waals surface area contributed by atoms with E-state index in [4.69, 9.17) is 4.74 Å². The van der Waals surface area contributed by atoms with Crippen LogP contribution >= 0.6 is 15.9 Å². The molecular formula is C18H17BrFNO3. The Bertz CT molecular complexity index is 721. The summed E-state index contributed by atoms with van der Waals surface area (Å²) in [5.41, 5.74) is 1.06. The molecule has 0 bridgehead atoms. The van der Waals surface area contributed by atoms with Crippen molar-refractivity contribution < 1.29 is 18.7 Å². The van der Waals surface area contributed by atoms with Crippen molar-refractivity contribution in [1.29, 1.82) is 0 Å². The maximum absolute atomic E-state index is 13.6. The van der Waals surface area contributed by atoms with Crippen molar-refractivity contribution in [3.05, 3.63) is 64.4 Å². The molecule has 24 heavy (non-hydrogen) atoms. The van der Waals surface area contributed by atoms with Gasteiger partial charge in [-0.3, -0.25) is 9.59 Å². The van der Waals surface area contributed by atoms with Gasteiger partial charge >= 0.3 is 5.97 Å². The molecule has 4 nitrogen and oxygen atoms in total. The second-order valence-electron chi connectivity index (χ2n) is 5.35. The van der Waals surface area contributed by atoms with Gasteiger partial charge in [0.2, 0.25) is 0 Å². The maximum atomic E-state index is 13.6. The van der Waals surface area contributed by atoms with Crippen LogP contribution < -0.4 is 5.32 Å². The van der Waals surface area contributed by atoms with Gasteiger partial charge in [0.15, 0.2) is 6.61 Å². The van der Waals surface area contributed by atoms with E-state index < -0.39 is 24.3 Å². The lowest BCUT2D eigenvalue weighted by Crippen LogP contribution is -2.22. The van der Waals surface area contributed by atoms with E-state index in [2.05, 4.69) is 21.2 Å². The molecule has 0 aliphatic heterocycles. The van der Waals surface area contributed by atoms with Crippen molar-refractivity contribution >= 4 is 33.5 Å². The number of anilines is 1. The molecule has 2 rings (SSSR count). The van der Waals surface area contributed by atoms with Crippen LogP contribution in [0.2, 0.25) is 0 Å². The first-order valence-corrected chi connectivity index (χ1v) is 8.20. The summed E-state index contributed by atoms with van der Waals surface area (Å²) in [6, 6.07) is 13.8. The van der Waals surface area contributed by atoms with Gasteiger partial charge < -0.3 is 10.1 Å². The molecule has 0 saturated heterocycles. The Balaban J connectivity index is 1.80. The summed E-state index contributed by atoms with van der Waals surface area (Å²) in [5, 5.41) is 2.37. The standard InChI is InChI=1S/C18H17BrFNO3/c1-12(13-5-3-2-4-6-13)9-18(23)24-11-17(22)21-16-8-7-14(19)10-15(16)20/h2-8,10,12H,9,11H2,1H3,(H,21,22). The average molecular weight is 394 g/mol. The zero-order valence-corrected chi connectivity index (χ0v) is 14.7. The highest BCUT2D eigenvalue weighted by Gasteiger charge is 2.14. The first-order chi connectivity index (χ1) is 11.5. The third kappa shape index (κ3) is 5.45. The number of nitrogens with one attached hydrogen (secondary N) is 1. The van der Waals surface area contributed by atoms with Crippen LogP contribution in [-0.2, 0) is 14.3 Å². The fourth-order valence-corrected chi connectivity index (χ4v) is 2.46. The first kappa shape index (κ1) is 18.1. The van der Waals surface area contributed by atoms with Gasteiger partial charge in [-0.25, -0.2) is 4.39 Å². The number of rotatable bonds is 6. The van der Waals surface area contributed by atoms with Crippen LogP contribution in [-0.4, -0.2) is 18.5 Å². The van der Waals surface area contributed by atoms with Crippen LogP contribution in [0.15, 0.2) is 53.0 Å². The van der Waals surface area contributed by atoms with Crippen molar-refractivity contribution in [1.82, 2.24) is 0 Å². The number of esters is 1. The molecule has 0 fully saturated rings. The van der Waals surface area contributed by atoms with Gasteiger partial charge in [0.05, 0.1) is 12.1 Å². The summed E-state index contributed by atoms with van der Waals surface area (Å²) in [4.78, 5) is 23.6. The van der Waals surface area contributed by atoms with E-state index in [1.54, 1.807) is 6.07 Å². The summed E-state index contributed by atoms with van der Waals surface area (Å²) in [7, 11) is 0. The maximum Gasteiger partial charge on any atom is 0.306 e. The molecule has 0 spiro atoms. The van der Waals surface area contributed by atoms with Crippen LogP contribution in [0, 0.1) is 5.82 Å². The topological polar surface area (TPSA) is 55.4 Å². The molecule has 1 atom stereocenters. The predicted molar refractivity (Wildman–Crippen MR) is 93.2 cm³/mol. The summed E-state index contributed by atoms with van der Waals surface area (Å²) in [5.74, 6) is -1.64. The van der Waals surface area contributed by atoms with Gasteiger partial charge in [-0.2, -0.15) is 0 Å². The third-order valence-electron chi connectivity index (χ3n) is 3.41. The quantitative estimate of drug-likeness (QED) is 0.745. The smallest absolute Gasteiger partial charge is 0.306 e. The molecule has 2 aromatic carbocycles. The summed E-state index contributed by atoms with van der Waals surface area (Å²) >= 11 is 3.13. The predicted octanol–water partition coefficient (Wildman–Crippen LogP) is 4.26. The Kier molecular flexibility index (Phi) is 6.49. The number of hydrogen-bond donors (Lipinski definition) is 1. The molecule has 1 unspecified atom stereocenters. The number of carbonyl (C=O) groups is 2. The van der Waals surface area contributed by atoms with E-state index in [1.807, 2.05) is 37.3 Å². The van der Waals surface area contributed by atoms with E-state index in [9.17, 15) is 14.0 Å². The second-order valence-corrected chi connectivity index (χ2v) is 6.26. The first-order valence-electron chi connectivity index (χ1n) is 7.41. The van der Waals surface area contributed by atoms with Crippen molar-refractivity contribution in [2.45, 2.75) is 19.3 Å². The number of hydrogen-bond acceptors (Lipinski definition) is 3. The molecule has 0 aliphatic rings. The lowest BCUT2D eigenvalue weighted by atomic mass is 9.98. The number of halogens is 2. The number of benzene rings is 2. The number of ether oxygens (including phenoxy) is 1. The zero-order valence-electron chi connectivity index (χ0n) is 13.1. The third-order valence-corrected chi connectivity index (χ3v) is 3.90. The highest BCUT2D eigenvalue weighted by Crippen LogP contribution is 2.20. The van der Waals surface area contributed by atoms with Gasteiger partial charge in [-0.05, 0) is 29.7 Å². The highest BCUT2D eigenvalue weighted by molar-refractivity contribution is 9.10. The minimum Gasteiger partial charge on any atom is -0.456 e. The van der Waals surface area contributed by atoms with Gasteiger partial charge in [0.1, 0.15) is 5.82 Å². The van der Waals surface area contributed by atoms with Gasteiger partial charge in [0, 0.05) is 4.47 Å². The van der Waals surface area contributed by atoms with Crippen molar-refractivity contribution in [2.75, 3.05) is 11.9 Å². The monoisotopic (exact) mass is 393 g/mol. The molecule has 126 valence electrons. The van der Waals surface area contributed by atoms with Gasteiger partial charge in [0.25, 0.3) is 5.91 Å². The average Bonchev–Trinajstić information content (AvgIpc) is 2.56. The lowest BCUT2D eigenvalue weighted by Gasteiger charge is -2.11. The van der Waals surface area contributed by atoms with Crippen LogP contribution in [0.4, 0.5) is 10.1 Å². The van der Waals surface area contributed by atoms with E-state index in [1.165, 1.54) is 12.1 Å². The lowest BCUT2D eigenvalue weighted by molar-refractivity contribution is -0.147. The van der Waals surface area contributed by atoms with Crippen LogP contribution in [0.1, 0.15) is 24.8 Å². The highest BCUT2D eigenvalue weighted by atomic mass is 79.9. The van der Waals surface area contributed by atoms with E-state index in [-0.39, 0.29) is 18.0 Å². The Morgan fingerprint density at radius 1 is 1.21 bits per heavy atom. The second kappa shape index (κ2) is 8.59. The molecular weight excluding hydrogens is 377 g/mol. The van der Waals surface area contributed by atoms with Gasteiger partial charge in [-0.1, -0.05) is 53.2 Å². The Hall–Kier alpha value is -2.21. The molecule has 0 aromatic heterocycles. The molecule has 0 heterocycles. The molecule has 0 aliphatic carbocycles. The summed E-state index contributed by atoms with van der Waals surface area (Å²) in [6.07, 6.45) is 0.171. The van der Waals surface area contributed by atoms with E-state index in [0.717, 1.165) is 5.56 Å². The van der Waals surface area contributed by atoms with Crippen molar-refractivity contribution in [3.63, 3.8) is 0 Å². The number of amides is 1. The fourth-order valence-electron chi connectivity index (χ4n) is 2.13. The largest absolute Gasteiger partial charge is 0.456 e. The minimum atomic E-state index is -0.586. The minimum absolute atomic E-state index is 0.00863. The molecule has 0 saturated carbocycles. The molecule has 2 aromatic rings. The molecule has 6 heteroatoms. The van der Waals surface area contributed by atoms with E-state index in [0.29, 0.717) is 4.47 Å². The molecule has 0 radical (unpaired) electrons. The number of carbonyl (C=O) groups excluding carboxylic acids is 2. The Morgan fingerprint density at radius 2 is 1.92 bits per heavy atom. The summed E-state index contributed by atoms with van der Waals surface area (Å²) in [6.45, 7) is 1.46. The van der Waals surface area contributed by atoms with Crippen molar-refractivity contribution in [3.8, 4) is 0 Å². The van der Waals surface area contributed by atoms with Crippen LogP contribution in [0.25, 0.3) is 0 Å². The zero-order chi connectivity index (χ0) is 17.5. The Morgan fingerprint density at radius 3 is 2.58 bits per heavy atom. The van der Waals surface area contributed by atoms with Crippen LogP contribution in [0.5, 0.6) is 0 Å². The SMILES string of the molecule is CC(CC(=O)OCC(=O)Nc1ccc(Br)cc1F)c1ccccc1. The Labute approximate surface area is 148 Å². The normalized spacial score (nSPS) is 11.6. The fraction of sp³-hybridized carbons (Fsp3) is 0.222. The van der Waals surface area contributed by atoms with Gasteiger partial charge in [-0.15, -0.1) is 0 Å². The summed E-state index contributed by atoms with van der Waals surface area (Å²) < 4.78 is 19.1.